The summed E-state index contributed by atoms with van der Waals surface area (Å²) in [6.45, 7) is 0. The number of nitrogens with two attached hydrogens (primary N) is 1. The van der Waals surface area contributed by atoms with Crippen molar-refractivity contribution in [2.24, 2.45) is 5.73 Å². The van der Waals surface area contributed by atoms with E-state index in [1.165, 1.54) is 6.33 Å². The minimum Gasteiger partial charge on any atom is -0.476 e. The summed E-state index contributed by atoms with van der Waals surface area (Å²) >= 11 is 0. The van der Waals surface area contributed by atoms with Crippen molar-refractivity contribution in [1.82, 2.24) is 15.1 Å². The predicted molar refractivity (Wildman–Crippen MR) is 51.7 cm³/mol. The molecule has 0 aromatic carbocycles. The molecular weight excluding hydrogens is 212 g/mol. The molecule has 3 rings (SSSR count). The second kappa shape index (κ2) is 2.92. The fraction of sp³-hybridized carbons (Fsp3) is 0.222. The maximum atomic E-state index is 10.9. The summed E-state index contributed by atoms with van der Waals surface area (Å²) in [5.74, 6) is -0.785. The summed E-state index contributed by atoms with van der Waals surface area (Å²) in [5, 5.41) is 12.5. The number of nitrogens with one attached hydrogen (secondary N) is 1. The molecule has 7 heteroatoms. The number of H-pyrrole nitrogens is 1. The fourth-order valence-corrected chi connectivity index (χ4v) is 1.96. The molecule has 0 spiro atoms. The van der Waals surface area contributed by atoms with Crippen molar-refractivity contribution >= 4 is 5.97 Å². The van der Waals surface area contributed by atoms with Gasteiger partial charge in [0.15, 0.2) is 11.5 Å². The van der Waals surface area contributed by atoms with Crippen LogP contribution in [0.3, 0.4) is 0 Å². The number of hydrogen-bond donors (Lipinski definition) is 3. The van der Waals surface area contributed by atoms with Crippen molar-refractivity contribution in [2.45, 2.75) is 12.5 Å². The average Bonchev–Trinajstić information content (AvgIpc) is 2.80. The van der Waals surface area contributed by atoms with Crippen LogP contribution in [0.4, 0.5) is 0 Å². The Morgan fingerprint density at radius 1 is 1.69 bits per heavy atom. The number of carbonyl (C=O) groups is 1. The van der Waals surface area contributed by atoms with Crippen molar-refractivity contribution < 1.29 is 14.4 Å². The summed E-state index contributed by atoms with van der Waals surface area (Å²) in [4.78, 5) is 17.9. The van der Waals surface area contributed by atoms with Crippen LogP contribution in [-0.4, -0.2) is 26.2 Å². The quantitative estimate of drug-likeness (QED) is 0.636. The number of aromatic nitrogens is 3. The van der Waals surface area contributed by atoms with Gasteiger partial charge in [0.25, 0.3) is 0 Å². The lowest BCUT2D eigenvalue weighted by molar-refractivity contribution is 0.0684. The molecule has 0 amide bonds. The van der Waals surface area contributed by atoms with Crippen LogP contribution in [0, 0.1) is 0 Å². The van der Waals surface area contributed by atoms with Crippen LogP contribution in [0.1, 0.15) is 27.8 Å². The average molecular weight is 220 g/mol. The Kier molecular flexibility index (Phi) is 1.66. The Morgan fingerprint density at radius 2 is 2.50 bits per heavy atom. The normalized spacial score (nSPS) is 17.9. The number of carboxylic acid groups (broad SMARTS) is 1. The third kappa shape index (κ3) is 1.03. The van der Waals surface area contributed by atoms with Crippen molar-refractivity contribution in [3.05, 3.63) is 23.3 Å². The molecule has 2 heterocycles. The number of imidazole rings is 1. The zero-order valence-electron chi connectivity index (χ0n) is 8.10. The van der Waals surface area contributed by atoms with Gasteiger partial charge in [-0.2, -0.15) is 0 Å². The molecule has 0 saturated carbocycles. The van der Waals surface area contributed by atoms with E-state index in [0.717, 1.165) is 5.69 Å². The van der Waals surface area contributed by atoms with Gasteiger partial charge in [-0.25, -0.2) is 9.78 Å². The Labute approximate surface area is 89.3 Å². The minimum absolute atomic E-state index is 0.129. The van der Waals surface area contributed by atoms with Crippen LogP contribution >= 0.6 is 0 Å². The predicted octanol–water partition coefficient (Wildman–Crippen LogP) is 0.319. The maximum absolute atomic E-state index is 10.9. The summed E-state index contributed by atoms with van der Waals surface area (Å²) in [6, 6.07) is -0.430. The number of aromatic carboxylic acids is 1. The number of hydrogen-bond acceptors (Lipinski definition) is 5. The van der Waals surface area contributed by atoms with Gasteiger partial charge >= 0.3 is 5.97 Å². The van der Waals surface area contributed by atoms with Gasteiger partial charge in [-0.3, -0.25) is 0 Å². The molecule has 4 N–H and O–H groups in total. The lowest BCUT2D eigenvalue weighted by Gasteiger charge is -2.16. The highest BCUT2D eigenvalue weighted by atomic mass is 16.5. The first-order chi connectivity index (χ1) is 7.68. The van der Waals surface area contributed by atoms with Gasteiger partial charge in [0.2, 0.25) is 0 Å². The van der Waals surface area contributed by atoms with Crippen LogP contribution in [0.5, 0.6) is 0 Å². The van der Waals surface area contributed by atoms with Crippen molar-refractivity contribution in [1.29, 1.82) is 0 Å². The number of carboxylic acids is 1. The first kappa shape index (κ1) is 9.10. The van der Waals surface area contributed by atoms with Gasteiger partial charge in [0, 0.05) is 18.2 Å². The van der Waals surface area contributed by atoms with Gasteiger partial charge < -0.3 is 20.3 Å². The first-order valence-corrected chi connectivity index (χ1v) is 4.69. The van der Waals surface area contributed by atoms with Crippen molar-refractivity contribution in [2.75, 3.05) is 0 Å². The highest BCUT2D eigenvalue weighted by Crippen LogP contribution is 2.37. The molecular formula is C9H8N4O3. The van der Waals surface area contributed by atoms with E-state index in [2.05, 4.69) is 15.1 Å². The van der Waals surface area contributed by atoms with E-state index in [9.17, 15) is 4.79 Å². The first-order valence-electron chi connectivity index (χ1n) is 4.69. The Balaban J connectivity index is 2.27. The van der Waals surface area contributed by atoms with E-state index in [0.29, 0.717) is 23.4 Å². The van der Waals surface area contributed by atoms with Gasteiger partial charge in [-0.1, -0.05) is 5.16 Å². The molecule has 16 heavy (non-hydrogen) atoms. The smallest absolute Gasteiger partial charge is 0.358 e. The molecule has 2 aromatic heterocycles. The molecule has 1 atom stereocenters. The molecule has 0 bridgehead atoms. The summed E-state index contributed by atoms with van der Waals surface area (Å²) in [6.07, 6.45) is 2.03. The molecule has 82 valence electrons. The van der Waals surface area contributed by atoms with Crippen LogP contribution in [-0.2, 0) is 6.42 Å². The number of nitrogens with zero attached hydrogens (tertiary/aromatic N) is 2. The molecule has 0 aliphatic heterocycles. The largest absolute Gasteiger partial charge is 0.476 e. The van der Waals surface area contributed by atoms with Gasteiger partial charge in [-0.05, 0) is 0 Å². The lowest BCUT2D eigenvalue weighted by Crippen LogP contribution is -2.20. The summed E-state index contributed by atoms with van der Waals surface area (Å²) in [7, 11) is 0. The van der Waals surface area contributed by atoms with Crippen LogP contribution in [0.15, 0.2) is 10.9 Å². The maximum Gasteiger partial charge on any atom is 0.358 e. The van der Waals surface area contributed by atoms with Crippen molar-refractivity contribution in [3.8, 4) is 11.5 Å². The Hall–Kier alpha value is -2.15. The number of aromatic amines is 1. The monoisotopic (exact) mass is 220 g/mol. The lowest BCUT2D eigenvalue weighted by atomic mass is 9.93. The SMILES string of the molecule is NC1Cc2[nH]cnc2-c2onc(C(=O)O)c21. The highest BCUT2D eigenvalue weighted by Gasteiger charge is 2.33. The number of fused-ring (bicyclic) bond motifs is 3. The Bertz CT molecular complexity index is 571. The van der Waals surface area contributed by atoms with Crippen LogP contribution in [0.2, 0.25) is 0 Å². The topological polar surface area (TPSA) is 118 Å². The van der Waals surface area contributed by atoms with Crippen LogP contribution < -0.4 is 5.73 Å². The van der Waals surface area contributed by atoms with Gasteiger partial charge in [0.1, 0.15) is 5.69 Å². The van der Waals surface area contributed by atoms with Gasteiger partial charge in [-0.15, -0.1) is 0 Å². The molecule has 0 saturated heterocycles. The van der Waals surface area contributed by atoms with E-state index in [4.69, 9.17) is 15.4 Å². The second-order valence-electron chi connectivity index (χ2n) is 3.62. The highest BCUT2D eigenvalue weighted by molar-refractivity contribution is 5.89. The Morgan fingerprint density at radius 3 is 3.25 bits per heavy atom. The molecule has 1 unspecified atom stereocenters. The van der Waals surface area contributed by atoms with E-state index in [1.54, 1.807) is 0 Å². The zero-order chi connectivity index (χ0) is 11.3. The standard InChI is InChI=1S/C9H8N4O3/c10-3-1-4-6(12-2-11-4)8-5(3)7(9(14)15)13-16-8/h2-3H,1,10H2,(H,11,12)(H,14,15). The van der Waals surface area contributed by atoms with E-state index in [-0.39, 0.29) is 5.69 Å². The van der Waals surface area contributed by atoms with E-state index < -0.39 is 12.0 Å². The van der Waals surface area contributed by atoms with Crippen molar-refractivity contribution in [3.63, 3.8) is 0 Å². The zero-order valence-corrected chi connectivity index (χ0v) is 8.10. The minimum atomic E-state index is -1.14. The number of rotatable bonds is 1. The van der Waals surface area contributed by atoms with Gasteiger partial charge in [0.05, 0.1) is 11.9 Å². The van der Waals surface area contributed by atoms with E-state index in [1.807, 2.05) is 0 Å². The van der Waals surface area contributed by atoms with Crippen LogP contribution in [0.25, 0.3) is 11.5 Å². The summed E-state index contributed by atoms with van der Waals surface area (Å²) in [5.41, 5.74) is 7.62. The van der Waals surface area contributed by atoms with E-state index >= 15 is 0 Å². The second-order valence-corrected chi connectivity index (χ2v) is 3.62. The molecule has 1 aliphatic carbocycles. The molecule has 0 radical (unpaired) electrons. The molecule has 7 nitrogen and oxygen atoms in total. The molecule has 2 aromatic rings. The summed E-state index contributed by atoms with van der Waals surface area (Å²) < 4.78 is 5.01. The fourth-order valence-electron chi connectivity index (χ4n) is 1.96. The molecule has 0 fully saturated rings. The third-order valence-electron chi connectivity index (χ3n) is 2.66. The molecule has 1 aliphatic rings. The third-order valence-corrected chi connectivity index (χ3v) is 2.66.